The van der Waals surface area contributed by atoms with Crippen LogP contribution in [0.25, 0.3) is 21.7 Å². The van der Waals surface area contributed by atoms with Gasteiger partial charge in [-0.05, 0) is 13.8 Å². The Hall–Kier alpha value is -2.57. The highest BCUT2D eigenvalue weighted by molar-refractivity contribution is 6.16. The molecule has 3 aromatic rings. The van der Waals surface area contributed by atoms with E-state index in [0.29, 0.717) is 35.4 Å². The van der Waals surface area contributed by atoms with Crippen LogP contribution in [-0.4, -0.2) is 50.9 Å². The maximum absolute atomic E-state index is 12.7. The van der Waals surface area contributed by atoms with E-state index in [4.69, 9.17) is 9.15 Å². The minimum absolute atomic E-state index is 0.244. The Morgan fingerprint density at radius 2 is 1.86 bits per heavy atom. The second kappa shape index (κ2) is 7.45. The number of phenols is 1. The van der Waals surface area contributed by atoms with Gasteiger partial charge in [-0.1, -0.05) is 24.3 Å². The van der Waals surface area contributed by atoms with Crippen molar-refractivity contribution in [3.05, 3.63) is 41.2 Å². The first-order chi connectivity index (χ1) is 13.5. The highest BCUT2D eigenvalue weighted by Crippen LogP contribution is 2.41. The maximum atomic E-state index is 12.7. The predicted octanol–water partition coefficient (Wildman–Crippen LogP) is 0.690. The number of carbonyl (C=O) groups excluding carboxylic acids is 1. The molecule has 1 aliphatic rings. The van der Waals surface area contributed by atoms with Gasteiger partial charge in [0, 0.05) is 16.2 Å². The normalized spacial score (nSPS) is 20.0. The number of aryl methyl sites for hydroxylation is 1. The molecular formula is C22H28N2O4+2. The Balaban J connectivity index is 1.94. The number of hydrogen-bond acceptors (Lipinski definition) is 4. The quantitative estimate of drug-likeness (QED) is 0.579. The van der Waals surface area contributed by atoms with E-state index < -0.39 is 5.97 Å². The summed E-state index contributed by atoms with van der Waals surface area (Å²) in [5.74, 6) is 0.379. The number of hydrogen-bond donors (Lipinski definition) is 3. The van der Waals surface area contributed by atoms with Crippen LogP contribution in [0.2, 0.25) is 0 Å². The van der Waals surface area contributed by atoms with Crippen LogP contribution in [0.5, 0.6) is 5.75 Å². The zero-order chi connectivity index (χ0) is 19.8. The molecule has 0 atom stereocenters. The summed E-state index contributed by atoms with van der Waals surface area (Å²) in [4.78, 5) is 15.6. The molecule has 2 heterocycles. The number of likely N-dealkylation sites (N-methyl/N-ethyl adjacent to an activating group) is 1. The molecule has 0 radical (unpaired) electrons. The molecule has 1 fully saturated rings. The third-order valence-corrected chi connectivity index (χ3v) is 5.82. The van der Waals surface area contributed by atoms with Crippen molar-refractivity contribution in [2.24, 2.45) is 0 Å². The fourth-order valence-electron chi connectivity index (χ4n) is 4.27. The van der Waals surface area contributed by atoms with Gasteiger partial charge in [0.05, 0.1) is 19.2 Å². The van der Waals surface area contributed by atoms with Gasteiger partial charge in [0.2, 0.25) is 0 Å². The summed E-state index contributed by atoms with van der Waals surface area (Å²) in [5.41, 5.74) is 1.87. The van der Waals surface area contributed by atoms with E-state index in [0.717, 1.165) is 42.5 Å². The summed E-state index contributed by atoms with van der Waals surface area (Å²) in [6, 6.07) is 7.65. The first-order valence-electron chi connectivity index (χ1n) is 9.98. The van der Waals surface area contributed by atoms with E-state index in [1.807, 2.05) is 24.3 Å². The van der Waals surface area contributed by atoms with Crippen LogP contribution >= 0.6 is 0 Å². The van der Waals surface area contributed by atoms with Crippen LogP contribution in [0.1, 0.15) is 28.6 Å². The summed E-state index contributed by atoms with van der Waals surface area (Å²) >= 11 is 0. The molecule has 0 saturated carbocycles. The number of quaternary nitrogens is 2. The van der Waals surface area contributed by atoms with E-state index in [2.05, 4.69) is 7.05 Å². The lowest BCUT2D eigenvalue weighted by molar-refractivity contribution is -1.01. The average Bonchev–Trinajstić information content (AvgIpc) is 3.04. The monoisotopic (exact) mass is 384 g/mol. The second-order valence-electron chi connectivity index (χ2n) is 7.71. The Bertz CT molecular complexity index is 1030. The average molecular weight is 384 g/mol. The molecule has 2 aromatic carbocycles. The van der Waals surface area contributed by atoms with Crippen molar-refractivity contribution in [3.8, 4) is 5.75 Å². The molecular weight excluding hydrogens is 356 g/mol. The van der Waals surface area contributed by atoms with Gasteiger partial charge < -0.3 is 24.1 Å². The molecule has 6 nitrogen and oxygen atoms in total. The van der Waals surface area contributed by atoms with Gasteiger partial charge in [0.25, 0.3) is 0 Å². The van der Waals surface area contributed by atoms with E-state index in [1.54, 1.807) is 13.8 Å². The number of furan rings is 1. The Morgan fingerprint density at radius 1 is 1.18 bits per heavy atom. The first kappa shape index (κ1) is 18.8. The number of nitrogens with one attached hydrogen (secondary N) is 2. The summed E-state index contributed by atoms with van der Waals surface area (Å²) < 4.78 is 11.4. The van der Waals surface area contributed by atoms with Crippen molar-refractivity contribution in [2.45, 2.75) is 20.4 Å². The van der Waals surface area contributed by atoms with Gasteiger partial charge >= 0.3 is 5.97 Å². The highest BCUT2D eigenvalue weighted by Gasteiger charge is 2.29. The first-order valence-corrected chi connectivity index (χ1v) is 9.98. The third-order valence-electron chi connectivity index (χ3n) is 5.82. The van der Waals surface area contributed by atoms with Crippen molar-refractivity contribution in [1.29, 1.82) is 0 Å². The molecule has 0 aliphatic carbocycles. The van der Waals surface area contributed by atoms with Gasteiger partial charge in [-0.3, -0.25) is 0 Å². The minimum Gasteiger partial charge on any atom is -0.507 e. The van der Waals surface area contributed by atoms with Gasteiger partial charge in [0.1, 0.15) is 55.4 Å². The standard InChI is InChI=1S/C22H26N2O4/c1-4-27-22(26)18-14(2)28-21-16-8-6-5-7-15(16)20(25)17(19(18)21)13-24-11-9-23(3)10-12-24/h5-8,25H,4,9-13H2,1-3H3/p+2. The third kappa shape index (κ3) is 3.12. The van der Waals surface area contributed by atoms with Crippen LogP contribution in [0.3, 0.4) is 0 Å². The molecule has 3 N–H and O–H groups in total. The number of aromatic hydroxyl groups is 1. The smallest absolute Gasteiger partial charge is 0.342 e. The zero-order valence-corrected chi connectivity index (χ0v) is 16.7. The number of phenolic OH excluding ortho intramolecular Hbond substituents is 1. The van der Waals surface area contributed by atoms with Gasteiger partial charge in [-0.2, -0.15) is 0 Å². The highest BCUT2D eigenvalue weighted by atomic mass is 16.5. The number of rotatable bonds is 4. The van der Waals surface area contributed by atoms with Gasteiger partial charge in [-0.25, -0.2) is 4.79 Å². The fourth-order valence-corrected chi connectivity index (χ4v) is 4.27. The molecule has 0 spiro atoms. The molecule has 0 bridgehead atoms. The van der Waals surface area contributed by atoms with Crippen molar-refractivity contribution >= 4 is 27.7 Å². The van der Waals surface area contributed by atoms with E-state index in [-0.39, 0.29) is 5.75 Å². The summed E-state index contributed by atoms with van der Waals surface area (Å²) in [6.45, 7) is 8.80. The molecule has 0 unspecified atom stereocenters. The molecule has 1 aromatic heterocycles. The number of benzene rings is 2. The molecule has 4 rings (SSSR count). The number of esters is 1. The largest absolute Gasteiger partial charge is 0.507 e. The SMILES string of the molecule is CCOC(=O)c1c(C)oc2c1c(C[NH+]1CC[NH+](C)CC1)c(O)c1ccccc12. The van der Waals surface area contributed by atoms with Crippen LogP contribution in [-0.2, 0) is 11.3 Å². The Kier molecular flexibility index (Phi) is 5.00. The topological polar surface area (TPSA) is 68.5 Å². The van der Waals surface area contributed by atoms with E-state index in [1.165, 1.54) is 9.80 Å². The van der Waals surface area contributed by atoms with Gasteiger partial charge in [-0.15, -0.1) is 0 Å². The lowest BCUT2D eigenvalue weighted by atomic mass is 9.97. The van der Waals surface area contributed by atoms with Crippen LogP contribution < -0.4 is 9.80 Å². The molecule has 1 saturated heterocycles. The summed E-state index contributed by atoms with van der Waals surface area (Å²) in [6.07, 6.45) is 0. The van der Waals surface area contributed by atoms with E-state index in [9.17, 15) is 9.90 Å². The Labute approximate surface area is 164 Å². The lowest BCUT2D eigenvalue weighted by Gasteiger charge is -2.27. The number of carbonyl (C=O) groups is 1. The fraction of sp³-hybridized carbons (Fsp3) is 0.409. The second-order valence-corrected chi connectivity index (χ2v) is 7.71. The zero-order valence-electron chi connectivity index (χ0n) is 16.7. The van der Waals surface area contributed by atoms with Crippen molar-refractivity contribution in [1.82, 2.24) is 0 Å². The number of fused-ring (bicyclic) bond motifs is 3. The van der Waals surface area contributed by atoms with Crippen LogP contribution in [0, 0.1) is 6.92 Å². The molecule has 1 aliphatic heterocycles. The number of piperazine rings is 1. The summed E-state index contributed by atoms with van der Waals surface area (Å²) in [7, 11) is 2.21. The maximum Gasteiger partial charge on any atom is 0.342 e. The van der Waals surface area contributed by atoms with Crippen molar-refractivity contribution in [3.63, 3.8) is 0 Å². The molecule has 6 heteroatoms. The molecule has 148 valence electrons. The van der Waals surface area contributed by atoms with Gasteiger partial charge in [0.15, 0.2) is 0 Å². The van der Waals surface area contributed by atoms with Crippen LogP contribution in [0.4, 0.5) is 0 Å². The lowest BCUT2D eigenvalue weighted by Crippen LogP contribution is -3.26. The Morgan fingerprint density at radius 3 is 2.54 bits per heavy atom. The number of ether oxygens (including phenoxy) is 1. The summed E-state index contributed by atoms with van der Waals surface area (Å²) in [5, 5.41) is 13.4. The molecule has 0 amide bonds. The van der Waals surface area contributed by atoms with E-state index >= 15 is 0 Å². The predicted molar refractivity (Wildman–Crippen MR) is 107 cm³/mol. The minimum atomic E-state index is -0.396. The van der Waals surface area contributed by atoms with Crippen LogP contribution in [0.15, 0.2) is 28.7 Å². The molecule has 28 heavy (non-hydrogen) atoms. The van der Waals surface area contributed by atoms with Crippen molar-refractivity contribution < 1.29 is 28.9 Å². The van der Waals surface area contributed by atoms with Crippen molar-refractivity contribution in [2.75, 3.05) is 39.8 Å².